The lowest BCUT2D eigenvalue weighted by Gasteiger charge is -2.27. The Kier molecular flexibility index (Phi) is 13.5. The molecule has 2 rings (SSSR count). The van der Waals surface area contributed by atoms with E-state index in [1.165, 1.54) is 20.0 Å². The van der Waals surface area contributed by atoms with Gasteiger partial charge in [0.1, 0.15) is 0 Å². The standard InChI is InChI=1S/C26H46O6/c1-3-4-7-12-20(32-26-15-10-11-18-31-26)16-17-22-21(23(27)19-24(22)28)13-8-5-6-9-14-25(29)30-2/h16-17,20-24,26-28H,3-15,18-19H2,1-2H3/b17-16+/t20-,21+,22+,23-,24+,26?/m0/s1. The third-order valence-electron chi connectivity index (χ3n) is 6.92. The zero-order chi connectivity index (χ0) is 23.2. The summed E-state index contributed by atoms with van der Waals surface area (Å²) in [5.41, 5.74) is 0. The first-order valence-corrected chi connectivity index (χ1v) is 12.9. The van der Waals surface area contributed by atoms with E-state index in [2.05, 4.69) is 23.8 Å². The fourth-order valence-electron chi connectivity index (χ4n) is 4.95. The lowest BCUT2D eigenvalue weighted by molar-refractivity contribution is -0.179. The Morgan fingerprint density at radius 1 is 1.09 bits per heavy atom. The van der Waals surface area contributed by atoms with Crippen LogP contribution in [0.5, 0.6) is 0 Å². The van der Waals surface area contributed by atoms with Gasteiger partial charge in [-0.2, -0.15) is 0 Å². The molecule has 2 fully saturated rings. The predicted octanol–water partition coefficient (Wildman–Crippen LogP) is 4.91. The third-order valence-corrected chi connectivity index (χ3v) is 6.92. The largest absolute Gasteiger partial charge is 0.469 e. The number of methoxy groups -OCH3 is 1. The lowest BCUT2D eigenvalue weighted by Crippen LogP contribution is -2.27. The van der Waals surface area contributed by atoms with Crippen molar-refractivity contribution < 1.29 is 29.2 Å². The highest BCUT2D eigenvalue weighted by Gasteiger charge is 2.39. The van der Waals surface area contributed by atoms with Gasteiger partial charge in [-0.25, -0.2) is 0 Å². The predicted molar refractivity (Wildman–Crippen MR) is 125 cm³/mol. The number of esters is 1. The van der Waals surface area contributed by atoms with Gasteiger partial charge in [-0.1, -0.05) is 57.6 Å². The normalized spacial score (nSPS) is 29.4. The average molecular weight is 455 g/mol. The Balaban J connectivity index is 1.85. The molecular weight excluding hydrogens is 408 g/mol. The minimum Gasteiger partial charge on any atom is -0.469 e. The van der Waals surface area contributed by atoms with E-state index in [4.69, 9.17) is 9.47 Å². The van der Waals surface area contributed by atoms with Crippen LogP contribution < -0.4 is 0 Å². The molecular formula is C26H46O6. The van der Waals surface area contributed by atoms with Crippen LogP contribution in [0, 0.1) is 11.8 Å². The van der Waals surface area contributed by atoms with Crippen LogP contribution >= 0.6 is 0 Å². The van der Waals surface area contributed by atoms with Crippen LogP contribution in [0.15, 0.2) is 12.2 Å². The molecule has 1 saturated heterocycles. The average Bonchev–Trinajstić information content (AvgIpc) is 3.06. The van der Waals surface area contributed by atoms with Gasteiger partial charge in [-0.3, -0.25) is 4.79 Å². The molecule has 1 aliphatic carbocycles. The Bertz CT molecular complexity index is 530. The minimum atomic E-state index is -0.507. The number of aliphatic hydroxyl groups is 2. The molecule has 186 valence electrons. The summed E-state index contributed by atoms with van der Waals surface area (Å²) in [6.07, 6.45) is 16.4. The second kappa shape index (κ2) is 15.8. The van der Waals surface area contributed by atoms with E-state index in [0.717, 1.165) is 70.8 Å². The van der Waals surface area contributed by atoms with E-state index in [1.807, 2.05) is 0 Å². The molecule has 1 heterocycles. The van der Waals surface area contributed by atoms with Crippen molar-refractivity contribution in [2.75, 3.05) is 13.7 Å². The van der Waals surface area contributed by atoms with Gasteiger partial charge >= 0.3 is 5.97 Å². The Morgan fingerprint density at radius 2 is 1.91 bits per heavy atom. The van der Waals surface area contributed by atoms with Gasteiger partial charge in [0.2, 0.25) is 0 Å². The van der Waals surface area contributed by atoms with Gasteiger partial charge in [-0.05, 0) is 44.4 Å². The number of rotatable bonds is 15. The highest BCUT2D eigenvalue weighted by Crippen LogP contribution is 2.37. The molecule has 1 aliphatic heterocycles. The second-order valence-electron chi connectivity index (χ2n) is 9.49. The third kappa shape index (κ3) is 9.90. The Hall–Kier alpha value is -0.950. The fraction of sp³-hybridized carbons (Fsp3) is 0.885. The molecule has 0 aromatic heterocycles. The molecule has 0 spiro atoms. The van der Waals surface area contributed by atoms with Crippen molar-refractivity contribution in [3.05, 3.63) is 12.2 Å². The van der Waals surface area contributed by atoms with Crippen LogP contribution in [-0.4, -0.2) is 54.5 Å². The highest BCUT2D eigenvalue weighted by molar-refractivity contribution is 5.68. The maximum atomic E-state index is 11.2. The van der Waals surface area contributed by atoms with Crippen molar-refractivity contribution in [2.45, 2.75) is 121 Å². The number of aliphatic hydroxyl groups excluding tert-OH is 2. The number of carbonyl (C=O) groups excluding carboxylic acids is 1. The molecule has 0 aromatic rings. The zero-order valence-electron chi connectivity index (χ0n) is 20.3. The molecule has 0 bridgehead atoms. The molecule has 6 atom stereocenters. The Labute approximate surface area is 194 Å². The molecule has 1 saturated carbocycles. The van der Waals surface area contributed by atoms with Crippen LogP contribution in [0.4, 0.5) is 0 Å². The SMILES string of the molecule is CCCCC[C@@H](/C=C/[C@@H]1[C@@H](CCCCCCC(=O)OC)[C@@H](O)C[C@H]1O)OC1CCCCO1. The molecule has 0 radical (unpaired) electrons. The van der Waals surface area contributed by atoms with Gasteiger partial charge in [0, 0.05) is 25.4 Å². The van der Waals surface area contributed by atoms with E-state index in [-0.39, 0.29) is 30.2 Å². The minimum absolute atomic E-state index is 0.00596. The maximum Gasteiger partial charge on any atom is 0.305 e. The lowest BCUT2D eigenvalue weighted by atomic mass is 9.87. The molecule has 2 N–H and O–H groups in total. The van der Waals surface area contributed by atoms with Gasteiger partial charge in [0.25, 0.3) is 0 Å². The quantitative estimate of drug-likeness (QED) is 0.208. The number of ether oxygens (including phenoxy) is 3. The monoisotopic (exact) mass is 454 g/mol. The summed E-state index contributed by atoms with van der Waals surface area (Å²) in [7, 11) is 1.42. The fourth-order valence-corrected chi connectivity index (χ4v) is 4.95. The molecule has 0 amide bonds. The number of hydrogen-bond acceptors (Lipinski definition) is 6. The van der Waals surface area contributed by atoms with Crippen molar-refractivity contribution in [1.82, 2.24) is 0 Å². The first-order valence-electron chi connectivity index (χ1n) is 12.9. The van der Waals surface area contributed by atoms with Crippen molar-refractivity contribution in [3.63, 3.8) is 0 Å². The van der Waals surface area contributed by atoms with Crippen molar-refractivity contribution in [1.29, 1.82) is 0 Å². The maximum absolute atomic E-state index is 11.2. The van der Waals surface area contributed by atoms with Crippen LogP contribution in [0.3, 0.4) is 0 Å². The van der Waals surface area contributed by atoms with Crippen molar-refractivity contribution >= 4 is 5.97 Å². The van der Waals surface area contributed by atoms with E-state index in [0.29, 0.717) is 12.8 Å². The molecule has 0 aromatic carbocycles. The van der Waals surface area contributed by atoms with Gasteiger partial charge in [-0.15, -0.1) is 0 Å². The van der Waals surface area contributed by atoms with Gasteiger partial charge in [0.05, 0.1) is 25.4 Å². The van der Waals surface area contributed by atoms with E-state index in [9.17, 15) is 15.0 Å². The van der Waals surface area contributed by atoms with Crippen LogP contribution in [-0.2, 0) is 19.0 Å². The molecule has 2 aliphatic rings. The van der Waals surface area contributed by atoms with Crippen LogP contribution in [0.2, 0.25) is 0 Å². The smallest absolute Gasteiger partial charge is 0.305 e. The summed E-state index contributed by atoms with van der Waals surface area (Å²) in [5.74, 6) is -0.118. The molecule has 32 heavy (non-hydrogen) atoms. The highest BCUT2D eigenvalue weighted by atomic mass is 16.7. The Morgan fingerprint density at radius 3 is 2.62 bits per heavy atom. The second-order valence-corrected chi connectivity index (χ2v) is 9.49. The van der Waals surface area contributed by atoms with E-state index >= 15 is 0 Å². The first-order chi connectivity index (χ1) is 15.5. The molecule has 6 nitrogen and oxygen atoms in total. The topological polar surface area (TPSA) is 85.2 Å². The summed E-state index contributed by atoms with van der Waals surface area (Å²) in [5, 5.41) is 21.1. The number of carbonyl (C=O) groups is 1. The zero-order valence-corrected chi connectivity index (χ0v) is 20.3. The summed E-state index contributed by atoms with van der Waals surface area (Å²) < 4.78 is 16.7. The van der Waals surface area contributed by atoms with Crippen molar-refractivity contribution in [2.24, 2.45) is 11.8 Å². The van der Waals surface area contributed by atoms with Crippen LogP contribution in [0.25, 0.3) is 0 Å². The number of unbranched alkanes of at least 4 members (excludes halogenated alkanes) is 5. The van der Waals surface area contributed by atoms with Crippen LogP contribution in [0.1, 0.15) is 96.8 Å². The van der Waals surface area contributed by atoms with Crippen molar-refractivity contribution in [3.8, 4) is 0 Å². The van der Waals surface area contributed by atoms with E-state index < -0.39 is 12.2 Å². The summed E-state index contributed by atoms with van der Waals surface area (Å²) >= 11 is 0. The van der Waals surface area contributed by atoms with Gasteiger partial charge in [0.15, 0.2) is 6.29 Å². The molecule has 1 unspecified atom stereocenters. The van der Waals surface area contributed by atoms with Gasteiger partial charge < -0.3 is 24.4 Å². The first kappa shape index (κ1) is 27.3. The summed E-state index contributed by atoms with van der Waals surface area (Å²) in [4.78, 5) is 11.2. The summed E-state index contributed by atoms with van der Waals surface area (Å²) in [6.45, 7) is 2.97. The summed E-state index contributed by atoms with van der Waals surface area (Å²) in [6, 6.07) is 0. The number of hydrogen-bond donors (Lipinski definition) is 2. The van der Waals surface area contributed by atoms with E-state index in [1.54, 1.807) is 0 Å². The molecule has 6 heteroatoms.